The van der Waals surface area contributed by atoms with Crippen LogP contribution in [0.2, 0.25) is 0 Å². The summed E-state index contributed by atoms with van der Waals surface area (Å²) in [4.78, 5) is 36.7. The lowest BCUT2D eigenvalue weighted by atomic mass is 10.0. The number of hydrogen-bond acceptors (Lipinski definition) is 5. The summed E-state index contributed by atoms with van der Waals surface area (Å²) in [6.07, 6.45) is 1.83. The van der Waals surface area contributed by atoms with Crippen LogP contribution in [0.5, 0.6) is 0 Å². The number of nitrogens with two attached hydrogens (primary N) is 1. The summed E-state index contributed by atoms with van der Waals surface area (Å²) in [6, 6.07) is 14.3. The van der Waals surface area contributed by atoms with E-state index in [2.05, 4.69) is 25.6 Å². The largest absolute Gasteiger partial charge is 0.368 e. The molecule has 0 radical (unpaired) electrons. The molecule has 0 spiro atoms. The molecule has 0 saturated carbocycles. The van der Waals surface area contributed by atoms with Crippen LogP contribution < -0.4 is 16.4 Å². The Morgan fingerprint density at radius 2 is 1.90 bits per heavy atom. The van der Waals surface area contributed by atoms with E-state index in [0.717, 1.165) is 16.3 Å². The summed E-state index contributed by atoms with van der Waals surface area (Å²) in [7, 11) is 0. The maximum absolute atomic E-state index is 12.6. The van der Waals surface area contributed by atoms with Gasteiger partial charge in [0, 0.05) is 28.0 Å². The van der Waals surface area contributed by atoms with Gasteiger partial charge in [0.15, 0.2) is 5.82 Å². The average molecular weight is 416 g/mol. The van der Waals surface area contributed by atoms with E-state index in [0.29, 0.717) is 22.7 Å². The minimum Gasteiger partial charge on any atom is -0.368 e. The summed E-state index contributed by atoms with van der Waals surface area (Å²) in [5.74, 6) is 0.266. The number of H-pyrrole nitrogens is 1. The highest BCUT2D eigenvalue weighted by atomic mass is 16.2. The normalized spacial score (nSPS) is 12.2. The number of aromatic amines is 1. The third kappa shape index (κ3) is 4.32. The molecular weight excluding hydrogens is 392 g/mol. The lowest BCUT2D eigenvalue weighted by Crippen LogP contribution is -2.40. The van der Waals surface area contributed by atoms with Crippen molar-refractivity contribution < 1.29 is 9.59 Å². The van der Waals surface area contributed by atoms with E-state index in [9.17, 15) is 9.59 Å². The second-order valence-corrected chi connectivity index (χ2v) is 7.74. The van der Waals surface area contributed by atoms with Gasteiger partial charge in [-0.3, -0.25) is 9.59 Å². The van der Waals surface area contributed by atoms with Crippen molar-refractivity contribution in [2.75, 3.05) is 5.32 Å². The van der Waals surface area contributed by atoms with Crippen LogP contribution in [0.1, 0.15) is 30.0 Å². The van der Waals surface area contributed by atoms with Gasteiger partial charge in [0.25, 0.3) is 5.91 Å². The summed E-state index contributed by atoms with van der Waals surface area (Å²) in [5, 5.41) is 7.77. The van der Waals surface area contributed by atoms with Crippen LogP contribution in [0, 0.1) is 5.92 Å². The lowest BCUT2D eigenvalue weighted by Gasteiger charge is -2.21. The standard InChI is InChI=1S/C23H24N6O2/c1-13(2)20(21(24)30)29-22-16-5-3-4-6-18(16)27-19(28-22)12-26-23(31)15-7-8-17-14(11-15)9-10-25-17/h3-11,13,20,25H,12H2,1-2H3,(H2,24,30)(H,26,31)(H,27,28,29)/t20-/m0/s1. The highest BCUT2D eigenvalue weighted by Gasteiger charge is 2.21. The number of para-hydroxylation sites is 1. The second kappa shape index (κ2) is 8.43. The first-order valence-corrected chi connectivity index (χ1v) is 10.1. The Bertz CT molecular complexity index is 1260. The number of benzene rings is 2. The van der Waals surface area contributed by atoms with Gasteiger partial charge in [0.05, 0.1) is 12.1 Å². The van der Waals surface area contributed by atoms with Gasteiger partial charge in [-0.15, -0.1) is 0 Å². The van der Waals surface area contributed by atoms with Crippen LogP contribution in [0.25, 0.3) is 21.8 Å². The zero-order chi connectivity index (χ0) is 22.0. The average Bonchev–Trinajstić information content (AvgIpc) is 3.23. The van der Waals surface area contributed by atoms with Crippen LogP contribution >= 0.6 is 0 Å². The molecule has 0 fully saturated rings. The molecule has 31 heavy (non-hydrogen) atoms. The highest BCUT2D eigenvalue weighted by Crippen LogP contribution is 2.22. The van der Waals surface area contributed by atoms with Gasteiger partial charge in [-0.1, -0.05) is 26.0 Å². The number of aromatic nitrogens is 3. The second-order valence-electron chi connectivity index (χ2n) is 7.74. The molecule has 2 aromatic heterocycles. The van der Waals surface area contributed by atoms with Gasteiger partial charge in [-0.25, -0.2) is 9.97 Å². The molecule has 4 aromatic rings. The third-order valence-corrected chi connectivity index (χ3v) is 5.14. The molecule has 0 unspecified atom stereocenters. The van der Waals surface area contributed by atoms with Crippen molar-refractivity contribution in [3.05, 3.63) is 66.1 Å². The highest BCUT2D eigenvalue weighted by molar-refractivity contribution is 5.98. The van der Waals surface area contributed by atoms with Crippen LogP contribution in [-0.2, 0) is 11.3 Å². The van der Waals surface area contributed by atoms with Crippen LogP contribution in [0.15, 0.2) is 54.7 Å². The fraction of sp³-hybridized carbons (Fsp3) is 0.217. The number of hydrogen-bond donors (Lipinski definition) is 4. The van der Waals surface area contributed by atoms with Crippen LogP contribution in [-0.4, -0.2) is 32.8 Å². The fourth-order valence-corrected chi connectivity index (χ4v) is 3.48. The van der Waals surface area contributed by atoms with Crippen molar-refractivity contribution in [3.8, 4) is 0 Å². The minimum absolute atomic E-state index is 0.0160. The summed E-state index contributed by atoms with van der Waals surface area (Å²) in [6.45, 7) is 3.97. The van der Waals surface area contributed by atoms with Crippen LogP contribution in [0.3, 0.4) is 0 Å². The van der Waals surface area contributed by atoms with Crippen molar-refractivity contribution in [1.82, 2.24) is 20.3 Å². The Morgan fingerprint density at radius 1 is 1.10 bits per heavy atom. The van der Waals surface area contributed by atoms with Gasteiger partial charge in [0.2, 0.25) is 5.91 Å². The van der Waals surface area contributed by atoms with Gasteiger partial charge in [-0.2, -0.15) is 0 Å². The van der Waals surface area contributed by atoms with E-state index in [1.54, 1.807) is 6.07 Å². The van der Waals surface area contributed by atoms with E-state index in [-0.39, 0.29) is 18.4 Å². The molecule has 8 heteroatoms. The molecule has 4 rings (SSSR count). The molecule has 0 bridgehead atoms. The molecule has 8 nitrogen and oxygen atoms in total. The van der Waals surface area contributed by atoms with Crippen molar-refractivity contribution in [3.63, 3.8) is 0 Å². The summed E-state index contributed by atoms with van der Waals surface area (Å²) < 4.78 is 0. The number of anilines is 1. The van der Waals surface area contributed by atoms with Crippen LogP contribution in [0.4, 0.5) is 5.82 Å². The Morgan fingerprint density at radius 3 is 2.68 bits per heavy atom. The quantitative estimate of drug-likeness (QED) is 0.368. The fourth-order valence-electron chi connectivity index (χ4n) is 3.48. The molecule has 0 aliphatic rings. The molecule has 2 amide bonds. The first kappa shape index (κ1) is 20.3. The Hall–Kier alpha value is -3.94. The Balaban J connectivity index is 1.58. The van der Waals surface area contributed by atoms with Gasteiger partial charge < -0.3 is 21.4 Å². The number of carbonyl (C=O) groups excluding carboxylic acids is 2. The molecule has 2 heterocycles. The van der Waals surface area contributed by atoms with Crippen molar-refractivity contribution in [1.29, 1.82) is 0 Å². The molecule has 0 aliphatic carbocycles. The zero-order valence-corrected chi connectivity index (χ0v) is 17.3. The van der Waals surface area contributed by atoms with E-state index in [1.807, 2.05) is 62.5 Å². The van der Waals surface area contributed by atoms with Crippen molar-refractivity contribution in [2.45, 2.75) is 26.4 Å². The monoisotopic (exact) mass is 416 g/mol. The Kier molecular flexibility index (Phi) is 5.53. The zero-order valence-electron chi connectivity index (χ0n) is 17.3. The topological polar surface area (TPSA) is 126 Å². The molecule has 1 atom stereocenters. The molecule has 0 saturated heterocycles. The third-order valence-electron chi connectivity index (χ3n) is 5.14. The van der Waals surface area contributed by atoms with E-state index in [4.69, 9.17) is 5.73 Å². The maximum atomic E-state index is 12.6. The number of primary amides is 1. The van der Waals surface area contributed by atoms with Crippen molar-refractivity contribution in [2.24, 2.45) is 11.7 Å². The first-order valence-electron chi connectivity index (χ1n) is 10.1. The van der Waals surface area contributed by atoms with Gasteiger partial charge in [0.1, 0.15) is 11.9 Å². The van der Waals surface area contributed by atoms with Gasteiger partial charge >= 0.3 is 0 Å². The van der Waals surface area contributed by atoms with Crippen molar-refractivity contribution >= 4 is 39.4 Å². The number of fused-ring (bicyclic) bond motifs is 2. The molecule has 5 N–H and O–H groups in total. The minimum atomic E-state index is -0.575. The SMILES string of the molecule is CC(C)[C@H](Nc1nc(CNC(=O)c2ccc3[nH]ccc3c2)nc2ccccc12)C(N)=O. The van der Waals surface area contributed by atoms with E-state index < -0.39 is 11.9 Å². The predicted molar refractivity (Wildman–Crippen MR) is 120 cm³/mol. The summed E-state index contributed by atoms with van der Waals surface area (Å²) in [5.41, 5.74) is 7.80. The number of nitrogens with zero attached hydrogens (tertiary/aromatic N) is 2. The predicted octanol–water partition coefficient (Wildman–Crippen LogP) is 2.96. The summed E-state index contributed by atoms with van der Waals surface area (Å²) >= 11 is 0. The molecular formula is C23H24N6O2. The van der Waals surface area contributed by atoms with E-state index in [1.165, 1.54) is 0 Å². The maximum Gasteiger partial charge on any atom is 0.251 e. The smallest absolute Gasteiger partial charge is 0.251 e. The first-order chi connectivity index (χ1) is 14.9. The lowest BCUT2D eigenvalue weighted by molar-refractivity contribution is -0.119. The number of amides is 2. The molecule has 2 aromatic carbocycles. The number of carbonyl (C=O) groups is 2. The molecule has 158 valence electrons. The van der Waals surface area contributed by atoms with E-state index >= 15 is 0 Å². The Labute approximate surface area is 179 Å². The number of nitrogens with one attached hydrogen (secondary N) is 3. The number of rotatable bonds is 7. The van der Waals surface area contributed by atoms with Gasteiger partial charge in [-0.05, 0) is 42.3 Å². The molecule has 0 aliphatic heterocycles.